The van der Waals surface area contributed by atoms with Gasteiger partial charge in [0.05, 0.1) is 31.9 Å². The van der Waals surface area contributed by atoms with Gasteiger partial charge in [-0.1, -0.05) is 35.9 Å². The first-order valence-electron chi connectivity index (χ1n) is 13.5. The molecule has 3 amide bonds. The van der Waals surface area contributed by atoms with E-state index in [2.05, 4.69) is 5.32 Å². The fraction of sp³-hybridized carbons (Fsp3) is 0.323. The number of urea groups is 1. The van der Waals surface area contributed by atoms with Gasteiger partial charge in [0.2, 0.25) is 5.91 Å². The van der Waals surface area contributed by atoms with Gasteiger partial charge in [0.1, 0.15) is 35.7 Å². The van der Waals surface area contributed by atoms with E-state index in [0.29, 0.717) is 46.8 Å². The molecule has 2 heterocycles. The molecule has 10 heteroatoms. The first kappa shape index (κ1) is 28.3. The zero-order chi connectivity index (χ0) is 29.1. The monoisotopic (exact) mass is 576 g/mol. The minimum Gasteiger partial charge on any atom is -0.497 e. The van der Waals surface area contributed by atoms with Gasteiger partial charge in [0, 0.05) is 24.2 Å². The summed E-state index contributed by atoms with van der Waals surface area (Å²) >= 11 is 6.26. The van der Waals surface area contributed by atoms with Crippen LogP contribution in [-0.2, 0) is 4.79 Å². The number of rotatable bonds is 7. The molecule has 214 valence electrons. The van der Waals surface area contributed by atoms with Crippen LogP contribution >= 0.6 is 11.6 Å². The summed E-state index contributed by atoms with van der Waals surface area (Å²) in [6, 6.07) is 19.2. The lowest BCUT2D eigenvalue weighted by Crippen LogP contribution is -2.55. The Morgan fingerprint density at radius 3 is 2.41 bits per heavy atom. The van der Waals surface area contributed by atoms with Crippen LogP contribution < -0.4 is 19.5 Å². The molecule has 2 atom stereocenters. The molecule has 1 N–H and O–H groups in total. The van der Waals surface area contributed by atoms with E-state index >= 15 is 0 Å². The van der Waals surface area contributed by atoms with Gasteiger partial charge in [-0.3, -0.25) is 14.7 Å². The Hall–Kier alpha value is -4.24. The summed E-state index contributed by atoms with van der Waals surface area (Å²) in [5, 5.41) is 3.38. The molecule has 9 nitrogen and oxygen atoms in total. The Bertz CT molecular complexity index is 1460. The van der Waals surface area contributed by atoms with Crippen molar-refractivity contribution in [2.24, 2.45) is 4.99 Å². The molecule has 0 spiro atoms. The molecule has 0 radical (unpaired) electrons. The maximum Gasteiger partial charge on any atom is 0.326 e. The largest absolute Gasteiger partial charge is 0.497 e. The van der Waals surface area contributed by atoms with Crippen molar-refractivity contribution >= 4 is 29.4 Å². The molecule has 3 aromatic carbocycles. The molecule has 0 unspecified atom stereocenters. The Balaban J connectivity index is 1.72. The van der Waals surface area contributed by atoms with E-state index in [4.69, 9.17) is 30.8 Å². The minimum absolute atomic E-state index is 0.0439. The SMILES string of the molecule is COc1cccc([C@H]2N=C(c3ccc(OC)cc3OC(C)C)N(C(=O)N3CCNC(=O)C3)[C@H]2c2ccc(Cl)cc2)c1. The minimum atomic E-state index is -0.541. The zero-order valence-electron chi connectivity index (χ0n) is 23.5. The molecule has 1 saturated heterocycles. The number of nitrogens with one attached hydrogen (secondary N) is 1. The summed E-state index contributed by atoms with van der Waals surface area (Å²) in [5.74, 6) is 2.07. The third-order valence-electron chi connectivity index (χ3n) is 7.02. The summed E-state index contributed by atoms with van der Waals surface area (Å²) in [4.78, 5) is 35.2. The van der Waals surface area contributed by atoms with Crippen LogP contribution in [0.25, 0.3) is 0 Å². The van der Waals surface area contributed by atoms with Crippen molar-refractivity contribution in [2.75, 3.05) is 33.9 Å². The standard InChI is InChI=1S/C31H33ClN4O5/c1-19(2)41-26-17-24(40-4)12-13-25(26)30-34-28(21-6-5-7-23(16-21)39-3)29(20-8-10-22(32)11-9-20)36(30)31(38)35-15-14-33-27(37)18-35/h5-13,16-17,19,28-29H,14-15,18H2,1-4H3,(H,33,37)/t28-,29+/m1/s1. The topological polar surface area (TPSA) is 92.7 Å². The van der Waals surface area contributed by atoms with Crippen LogP contribution in [0.15, 0.2) is 71.7 Å². The first-order valence-corrected chi connectivity index (χ1v) is 13.8. The van der Waals surface area contributed by atoms with Gasteiger partial charge >= 0.3 is 6.03 Å². The van der Waals surface area contributed by atoms with Crippen molar-refractivity contribution in [1.82, 2.24) is 15.1 Å². The second-order valence-corrected chi connectivity index (χ2v) is 10.6. The van der Waals surface area contributed by atoms with Crippen LogP contribution in [0.1, 0.15) is 42.6 Å². The van der Waals surface area contributed by atoms with Gasteiger partial charge in [-0.15, -0.1) is 0 Å². The van der Waals surface area contributed by atoms with Gasteiger partial charge in [-0.25, -0.2) is 4.79 Å². The maximum atomic E-state index is 14.4. The number of carbonyl (C=O) groups excluding carboxylic acids is 2. The maximum absolute atomic E-state index is 14.4. The Morgan fingerprint density at radius 2 is 1.73 bits per heavy atom. The number of hydrogen-bond donors (Lipinski definition) is 1. The number of amidine groups is 1. The summed E-state index contributed by atoms with van der Waals surface area (Å²) < 4.78 is 17.2. The quantitative estimate of drug-likeness (QED) is 0.415. The van der Waals surface area contributed by atoms with Crippen molar-refractivity contribution in [3.8, 4) is 17.2 Å². The second-order valence-electron chi connectivity index (χ2n) is 10.1. The molecule has 1 fully saturated rings. The van der Waals surface area contributed by atoms with E-state index < -0.39 is 12.1 Å². The van der Waals surface area contributed by atoms with Gasteiger partial charge in [0.15, 0.2) is 0 Å². The lowest BCUT2D eigenvalue weighted by molar-refractivity contribution is -0.123. The molecule has 0 aliphatic carbocycles. The summed E-state index contributed by atoms with van der Waals surface area (Å²) in [6.45, 7) is 4.58. The lowest BCUT2D eigenvalue weighted by atomic mass is 9.93. The molecule has 3 aromatic rings. The Morgan fingerprint density at radius 1 is 1.00 bits per heavy atom. The van der Waals surface area contributed by atoms with E-state index in [0.717, 1.165) is 11.1 Å². The smallest absolute Gasteiger partial charge is 0.326 e. The first-order chi connectivity index (χ1) is 19.8. The van der Waals surface area contributed by atoms with Crippen molar-refractivity contribution in [3.05, 3.63) is 88.4 Å². The Labute approximate surface area is 244 Å². The van der Waals surface area contributed by atoms with Crippen LogP contribution in [0.5, 0.6) is 17.2 Å². The summed E-state index contributed by atoms with van der Waals surface area (Å²) in [6.07, 6.45) is -0.140. The number of hydrogen-bond acceptors (Lipinski definition) is 6. The average molecular weight is 577 g/mol. The molecule has 41 heavy (non-hydrogen) atoms. The fourth-order valence-electron chi connectivity index (χ4n) is 5.14. The van der Waals surface area contributed by atoms with Crippen molar-refractivity contribution < 1.29 is 23.8 Å². The third kappa shape index (κ3) is 5.95. The van der Waals surface area contributed by atoms with Gasteiger partial charge in [-0.2, -0.15) is 0 Å². The van der Waals surface area contributed by atoms with E-state index in [-0.39, 0.29) is 24.6 Å². The van der Waals surface area contributed by atoms with E-state index in [1.54, 1.807) is 42.2 Å². The highest BCUT2D eigenvalue weighted by Gasteiger charge is 2.45. The molecule has 2 aliphatic rings. The summed E-state index contributed by atoms with van der Waals surface area (Å²) in [7, 11) is 3.21. The van der Waals surface area contributed by atoms with Crippen LogP contribution in [0.2, 0.25) is 5.02 Å². The second kappa shape index (κ2) is 12.1. The van der Waals surface area contributed by atoms with E-state index in [9.17, 15) is 9.59 Å². The predicted molar refractivity (Wildman–Crippen MR) is 157 cm³/mol. The Kier molecular flexibility index (Phi) is 8.35. The number of piperazine rings is 1. The van der Waals surface area contributed by atoms with Crippen molar-refractivity contribution in [2.45, 2.75) is 32.0 Å². The van der Waals surface area contributed by atoms with E-state index in [1.165, 1.54) is 0 Å². The molecule has 0 bridgehead atoms. The normalized spacial score (nSPS) is 18.7. The zero-order valence-corrected chi connectivity index (χ0v) is 24.2. The van der Waals surface area contributed by atoms with Crippen LogP contribution in [0.3, 0.4) is 0 Å². The number of methoxy groups -OCH3 is 2. The van der Waals surface area contributed by atoms with Gasteiger partial charge < -0.3 is 24.4 Å². The van der Waals surface area contributed by atoms with Crippen LogP contribution in [-0.4, -0.2) is 67.5 Å². The summed E-state index contributed by atoms with van der Waals surface area (Å²) in [5.41, 5.74) is 2.35. The number of nitrogens with zero attached hydrogens (tertiary/aromatic N) is 3. The van der Waals surface area contributed by atoms with E-state index in [1.807, 2.05) is 62.4 Å². The highest BCUT2D eigenvalue weighted by atomic mass is 35.5. The molecular weight excluding hydrogens is 544 g/mol. The highest BCUT2D eigenvalue weighted by molar-refractivity contribution is 6.30. The van der Waals surface area contributed by atoms with Crippen LogP contribution in [0, 0.1) is 0 Å². The highest BCUT2D eigenvalue weighted by Crippen LogP contribution is 2.46. The molecular formula is C31H33ClN4O5. The van der Waals surface area contributed by atoms with Gasteiger partial charge in [0.25, 0.3) is 0 Å². The average Bonchev–Trinajstić information content (AvgIpc) is 3.37. The lowest BCUT2D eigenvalue weighted by Gasteiger charge is -2.36. The van der Waals surface area contributed by atoms with Crippen LogP contribution in [0.4, 0.5) is 4.79 Å². The molecule has 0 aromatic heterocycles. The van der Waals surface area contributed by atoms with Crippen molar-refractivity contribution in [1.29, 1.82) is 0 Å². The third-order valence-corrected chi connectivity index (χ3v) is 7.27. The number of amides is 3. The number of carbonyl (C=O) groups is 2. The molecule has 2 aliphatic heterocycles. The number of benzene rings is 3. The number of aliphatic imine (C=N–C) groups is 1. The fourth-order valence-corrected chi connectivity index (χ4v) is 5.27. The number of ether oxygens (including phenoxy) is 3. The van der Waals surface area contributed by atoms with Crippen molar-refractivity contribution in [3.63, 3.8) is 0 Å². The molecule has 0 saturated carbocycles. The predicted octanol–water partition coefficient (Wildman–Crippen LogP) is 5.24. The number of halogens is 1. The van der Waals surface area contributed by atoms with Gasteiger partial charge in [-0.05, 0) is 61.4 Å². The molecule has 5 rings (SSSR count).